The first-order chi connectivity index (χ1) is 8.09. The molecule has 0 spiro atoms. The van der Waals surface area contributed by atoms with Crippen molar-refractivity contribution in [3.8, 4) is 0 Å². The van der Waals surface area contributed by atoms with E-state index in [4.69, 9.17) is 5.73 Å². The van der Waals surface area contributed by atoms with Gasteiger partial charge in [-0.15, -0.1) is 12.4 Å². The summed E-state index contributed by atoms with van der Waals surface area (Å²) in [5.41, 5.74) is 5.93. The van der Waals surface area contributed by atoms with Crippen LogP contribution in [0.3, 0.4) is 0 Å². The van der Waals surface area contributed by atoms with E-state index in [0.29, 0.717) is 19.0 Å². The van der Waals surface area contributed by atoms with Gasteiger partial charge in [0.05, 0.1) is 0 Å². The van der Waals surface area contributed by atoms with Crippen LogP contribution in [0.1, 0.15) is 32.6 Å². The average molecular weight is 276 g/mol. The average Bonchev–Trinajstić information content (AvgIpc) is 3.02. The summed E-state index contributed by atoms with van der Waals surface area (Å²) in [6, 6.07) is -0.204. The Hall–Kier alpha value is -0.810. The number of nitrogens with two attached hydrogens (primary N) is 1. The summed E-state index contributed by atoms with van der Waals surface area (Å²) in [5.74, 6) is 0.519. The number of likely N-dealkylation sites (tertiary alicyclic amines) is 1. The largest absolute Gasteiger partial charge is 0.353 e. The molecule has 18 heavy (non-hydrogen) atoms. The highest BCUT2D eigenvalue weighted by Gasteiger charge is 2.33. The molecular formula is C12H22ClN3O2. The third-order valence-electron chi connectivity index (χ3n) is 3.70. The summed E-state index contributed by atoms with van der Waals surface area (Å²) in [4.78, 5) is 24.9. The van der Waals surface area contributed by atoms with Crippen molar-refractivity contribution >= 4 is 24.2 Å². The summed E-state index contributed by atoms with van der Waals surface area (Å²) < 4.78 is 0. The number of hydrogen-bond acceptors (Lipinski definition) is 3. The molecule has 0 aromatic rings. The Labute approximate surface area is 114 Å². The quantitative estimate of drug-likeness (QED) is 0.773. The summed E-state index contributed by atoms with van der Waals surface area (Å²) >= 11 is 0. The van der Waals surface area contributed by atoms with Crippen molar-refractivity contribution in [3.63, 3.8) is 0 Å². The number of carbonyl (C=O) groups is 2. The standard InChI is InChI=1S/C12H21N3O2.ClH/c1-8(16)15-6-2-3-11(15)12(17)14-7-10(13)9-4-5-9;/h9-11H,2-7,13H2,1H3,(H,14,17);1H. The zero-order valence-electron chi connectivity index (χ0n) is 10.7. The van der Waals surface area contributed by atoms with E-state index in [2.05, 4.69) is 5.32 Å². The van der Waals surface area contributed by atoms with Gasteiger partial charge >= 0.3 is 0 Å². The van der Waals surface area contributed by atoms with Crippen LogP contribution in [0.5, 0.6) is 0 Å². The molecule has 2 amide bonds. The number of hydrogen-bond donors (Lipinski definition) is 2. The van der Waals surface area contributed by atoms with Crippen LogP contribution < -0.4 is 11.1 Å². The molecule has 2 aliphatic rings. The van der Waals surface area contributed by atoms with E-state index in [0.717, 1.165) is 12.8 Å². The third-order valence-corrected chi connectivity index (χ3v) is 3.70. The predicted molar refractivity (Wildman–Crippen MR) is 71.4 cm³/mol. The van der Waals surface area contributed by atoms with E-state index in [1.54, 1.807) is 4.90 Å². The summed E-state index contributed by atoms with van der Waals surface area (Å²) in [5, 5.41) is 2.87. The first-order valence-corrected chi connectivity index (χ1v) is 6.40. The Kier molecular flexibility index (Phi) is 5.41. The summed E-state index contributed by atoms with van der Waals surface area (Å²) in [7, 11) is 0. The predicted octanol–water partition coefficient (Wildman–Crippen LogP) is 0.273. The zero-order valence-corrected chi connectivity index (χ0v) is 11.5. The highest BCUT2D eigenvalue weighted by molar-refractivity contribution is 5.87. The second-order valence-corrected chi connectivity index (χ2v) is 5.12. The van der Waals surface area contributed by atoms with Crippen molar-refractivity contribution in [1.82, 2.24) is 10.2 Å². The normalized spacial score (nSPS) is 24.3. The monoisotopic (exact) mass is 275 g/mol. The molecule has 2 unspecified atom stereocenters. The molecule has 3 N–H and O–H groups in total. The Bertz CT molecular complexity index is 320. The van der Waals surface area contributed by atoms with Gasteiger partial charge < -0.3 is 16.0 Å². The number of carbonyl (C=O) groups excluding carboxylic acids is 2. The molecule has 5 nitrogen and oxygen atoms in total. The van der Waals surface area contributed by atoms with Gasteiger partial charge in [-0.2, -0.15) is 0 Å². The molecule has 1 saturated heterocycles. The van der Waals surface area contributed by atoms with Gasteiger partial charge in [-0.25, -0.2) is 0 Å². The topological polar surface area (TPSA) is 75.4 Å². The van der Waals surface area contributed by atoms with Gasteiger partial charge in [-0.3, -0.25) is 9.59 Å². The fourth-order valence-corrected chi connectivity index (χ4v) is 2.44. The van der Waals surface area contributed by atoms with Crippen molar-refractivity contribution < 1.29 is 9.59 Å². The number of rotatable bonds is 4. The lowest BCUT2D eigenvalue weighted by atomic mass is 10.1. The van der Waals surface area contributed by atoms with E-state index in [1.807, 2.05) is 0 Å². The molecule has 1 aliphatic carbocycles. The molecule has 2 atom stereocenters. The minimum Gasteiger partial charge on any atom is -0.353 e. The van der Waals surface area contributed by atoms with E-state index >= 15 is 0 Å². The second-order valence-electron chi connectivity index (χ2n) is 5.12. The van der Waals surface area contributed by atoms with Gasteiger partial charge in [-0.1, -0.05) is 0 Å². The molecule has 6 heteroatoms. The first-order valence-electron chi connectivity index (χ1n) is 6.40. The zero-order chi connectivity index (χ0) is 12.4. The van der Waals surface area contributed by atoms with Crippen molar-refractivity contribution in [2.45, 2.75) is 44.7 Å². The maximum Gasteiger partial charge on any atom is 0.242 e. The Morgan fingerprint density at radius 2 is 2.06 bits per heavy atom. The highest BCUT2D eigenvalue weighted by atomic mass is 35.5. The van der Waals surface area contributed by atoms with Gasteiger partial charge in [0.1, 0.15) is 6.04 Å². The minimum absolute atomic E-state index is 0. The Morgan fingerprint density at radius 3 is 2.61 bits per heavy atom. The first kappa shape index (κ1) is 15.2. The van der Waals surface area contributed by atoms with Gasteiger partial charge in [0.15, 0.2) is 0 Å². The van der Waals surface area contributed by atoms with Crippen LogP contribution in [-0.4, -0.2) is 41.9 Å². The molecule has 2 fully saturated rings. The van der Waals surface area contributed by atoms with Gasteiger partial charge in [0, 0.05) is 26.1 Å². The van der Waals surface area contributed by atoms with Crippen molar-refractivity contribution in [2.24, 2.45) is 11.7 Å². The molecule has 1 heterocycles. The van der Waals surface area contributed by atoms with Crippen molar-refractivity contribution in [2.75, 3.05) is 13.1 Å². The molecule has 0 aromatic heterocycles. The molecule has 0 bridgehead atoms. The van der Waals surface area contributed by atoms with Crippen molar-refractivity contribution in [3.05, 3.63) is 0 Å². The molecular weight excluding hydrogens is 254 g/mol. The summed E-state index contributed by atoms with van der Waals surface area (Å²) in [6.45, 7) is 2.75. The lowest BCUT2D eigenvalue weighted by Gasteiger charge is -2.23. The third kappa shape index (κ3) is 3.59. The van der Waals surface area contributed by atoms with Crippen LogP contribution in [0, 0.1) is 5.92 Å². The number of nitrogens with one attached hydrogen (secondary N) is 1. The van der Waals surface area contributed by atoms with Gasteiger partial charge in [-0.05, 0) is 31.6 Å². The van der Waals surface area contributed by atoms with E-state index in [9.17, 15) is 9.59 Å². The van der Waals surface area contributed by atoms with E-state index in [-0.39, 0.29) is 36.3 Å². The van der Waals surface area contributed by atoms with Crippen LogP contribution in [0.25, 0.3) is 0 Å². The molecule has 2 rings (SSSR count). The number of halogens is 1. The molecule has 104 valence electrons. The van der Waals surface area contributed by atoms with Crippen LogP contribution >= 0.6 is 12.4 Å². The SMILES string of the molecule is CC(=O)N1CCCC1C(=O)NCC(N)C1CC1.Cl. The number of amides is 2. The van der Waals surface area contributed by atoms with Crippen LogP contribution in [0.2, 0.25) is 0 Å². The van der Waals surface area contributed by atoms with Crippen LogP contribution in [0.15, 0.2) is 0 Å². The van der Waals surface area contributed by atoms with Gasteiger partial charge in [0.2, 0.25) is 11.8 Å². The molecule has 1 aliphatic heterocycles. The maximum atomic E-state index is 11.9. The second kappa shape index (κ2) is 6.38. The maximum absolute atomic E-state index is 11.9. The van der Waals surface area contributed by atoms with Crippen LogP contribution in [-0.2, 0) is 9.59 Å². The molecule has 1 saturated carbocycles. The fourth-order valence-electron chi connectivity index (χ4n) is 2.44. The van der Waals surface area contributed by atoms with Crippen molar-refractivity contribution in [1.29, 1.82) is 0 Å². The fraction of sp³-hybridized carbons (Fsp3) is 0.833. The molecule has 0 radical (unpaired) electrons. The lowest BCUT2D eigenvalue weighted by Crippen LogP contribution is -2.48. The number of nitrogens with zero attached hydrogens (tertiary/aromatic N) is 1. The van der Waals surface area contributed by atoms with E-state index in [1.165, 1.54) is 19.8 Å². The van der Waals surface area contributed by atoms with Gasteiger partial charge in [0.25, 0.3) is 0 Å². The molecule has 0 aromatic carbocycles. The highest BCUT2D eigenvalue weighted by Crippen LogP contribution is 2.31. The van der Waals surface area contributed by atoms with Crippen LogP contribution in [0.4, 0.5) is 0 Å². The smallest absolute Gasteiger partial charge is 0.242 e. The summed E-state index contributed by atoms with van der Waals surface area (Å²) in [6.07, 6.45) is 4.04. The Balaban J connectivity index is 0.00000162. The minimum atomic E-state index is -0.279. The van der Waals surface area contributed by atoms with E-state index < -0.39 is 0 Å². The Morgan fingerprint density at radius 1 is 1.39 bits per heavy atom. The lowest BCUT2D eigenvalue weighted by molar-refractivity contribution is -0.136.